The summed E-state index contributed by atoms with van der Waals surface area (Å²) in [6.45, 7) is 0. The summed E-state index contributed by atoms with van der Waals surface area (Å²) in [5.74, 6) is -0.988. The monoisotopic (exact) mass is 754 g/mol. The number of carbonyl (C=O) groups is 3. The van der Waals surface area contributed by atoms with Crippen LogP contribution in [-0.2, 0) is 15.9 Å². The summed E-state index contributed by atoms with van der Waals surface area (Å²) < 4.78 is 15.2. The molecule has 2 N–H and O–H groups in total. The minimum atomic E-state index is -1.01. The first-order valence-electron chi connectivity index (χ1n) is 14.7. The third-order valence-electron chi connectivity index (χ3n) is 5.92. The number of aromatic hydroxyl groups is 1. The SMILES string of the molecule is Brc1ccccn1.COC(=O)c1ccc(O)cn1.COC(=O)c1ccc(Oc2ccccn2)cn1.O=C(O)c1ccc(Cc2ccccn2)cn1. The number of aromatic nitrogens is 6. The van der Waals surface area contributed by atoms with Gasteiger partial charge in [0.05, 0.1) is 26.6 Å². The van der Waals surface area contributed by atoms with E-state index in [-0.39, 0.29) is 22.8 Å². The van der Waals surface area contributed by atoms with Crippen LogP contribution in [0.3, 0.4) is 0 Å². The molecule has 0 aliphatic carbocycles. The van der Waals surface area contributed by atoms with Gasteiger partial charge in [0.25, 0.3) is 0 Å². The van der Waals surface area contributed by atoms with E-state index in [1.807, 2.05) is 42.5 Å². The maximum absolute atomic E-state index is 11.1. The van der Waals surface area contributed by atoms with Crippen LogP contribution in [0.4, 0.5) is 0 Å². The van der Waals surface area contributed by atoms with Crippen LogP contribution in [-0.4, -0.2) is 72.2 Å². The number of hydrogen-bond acceptors (Lipinski definition) is 13. The molecule has 6 aromatic heterocycles. The number of rotatable bonds is 7. The minimum Gasteiger partial charge on any atom is -0.506 e. The van der Waals surface area contributed by atoms with E-state index in [1.54, 1.807) is 49.1 Å². The molecule has 0 aliphatic heterocycles. The number of ether oxygens (including phenoxy) is 3. The molecule has 0 aromatic carbocycles. The molecule has 0 atom stereocenters. The highest BCUT2D eigenvalue weighted by Gasteiger charge is 2.08. The van der Waals surface area contributed by atoms with Crippen LogP contribution < -0.4 is 4.74 Å². The summed E-state index contributed by atoms with van der Waals surface area (Å²) in [6.07, 6.45) is 9.96. The third kappa shape index (κ3) is 14.6. The van der Waals surface area contributed by atoms with Crippen LogP contribution in [0.5, 0.6) is 17.4 Å². The van der Waals surface area contributed by atoms with Crippen molar-refractivity contribution in [2.75, 3.05) is 14.2 Å². The molecule has 0 saturated heterocycles. The Bertz CT molecular complexity index is 1920. The van der Waals surface area contributed by atoms with E-state index in [1.165, 1.54) is 50.9 Å². The Morgan fingerprint density at radius 3 is 1.65 bits per heavy atom. The average molecular weight is 756 g/mol. The second-order valence-electron chi connectivity index (χ2n) is 9.54. The molecule has 0 radical (unpaired) electrons. The van der Waals surface area contributed by atoms with Crippen molar-refractivity contribution in [1.29, 1.82) is 0 Å². The molecule has 0 fully saturated rings. The summed E-state index contributed by atoms with van der Waals surface area (Å²) in [4.78, 5) is 56.0. The number of carboxylic acids is 1. The van der Waals surface area contributed by atoms with E-state index < -0.39 is 17.9 Å². The molecule has 260 valence electrons. The standard InChI is InChI=1S/C12H10N2O3.C12H10N2O2.C7H7NO3.C5H4BrN/c1-16-12(15)10-6-5-9(8-14-10)17-11-4-2-3-7-13-11;15-12(16)11-5-4-9(8-14-11)7-10-3-1-2-6-13-10;1-11-7(10)6-3-2-5(9)4-8-6;6-5-3-1-2-4-7-5/h2-8H,1H3;1-6,8H,7H2,(H,15,16);2-4,9H,1H3;1-4H. The molecule has 6 aromatic rings. The van der Waals surface area contributed by atoms with Crippen molar-refractivity contribution < 1.29 is 38.8 Å². The molecule has 6 heterocycles. The largest absolute Gasteiger partial charge is 0.506 e. The maximum Gasteiger partial charge on any atom is 0.356 e. The van der Waals surface area contributed by atoms with Gasteiger partial charge in [0, 0.05) is 43.0 Å². The van der Waals surface area contributed by atoms with Crippen molar-refractivity contribution in [2.45, 2.75) is 6.42 Å². The summed E-state index contributed by atoms with van der Waals surface area (Å²) in [5.41, 5.74) is 2.37. The molecule has 6 rings (SSSR count). The lowest BCUT2D eigenvalue weighted by Crippen LogP contribution is -2.03. The van der Waals surface area contributed by atoms with Crippen molar-refractivity contribution in [3.8, 4) is 17.4 Å². The van der Waals surface area contributed by atoms with Crippen LogP contribution in [0.25, 0.3) is 0 Å². The van der Waals surface area contributed by atoms with E-state index in [4.69, 9.17) is 14.9 Å². The first-order chi connectivity index (χ1) is 24.7. The average Bonchev–Trinajstić information content (AvgIpc) is 3.17. The number of halogens is 1. The van der Waals surface area contributed by atoms with Gasteiger partial charge in [0.15, 0.2) is 0 Å². The van der Waals surface area contributed by atoms with Crippen molar-refractivity contribution in [3.05, 3.63) is 161 Å². The Hall–Kier alpha value is -6.61. The number of carbonyl (C=O) groups excluding carboxylic acids is 2. The number of aromatic carboxylic acids is 1. The highest BCUT2D eigenvalue weighted by Crippen LogP contribution is 2.17. The molecular weight excluding hydrogens is 724 g/mol. The molecule has 51 heavy (non-hydrogen) atoms. The topological polar surface area (TPSA) is 197 Å². The fraction of sp³-hybridized carbons (Fsp3) is 0.0833. The summed E-state index contributed by atoms with van der Waals surface area (Å²) in [5, 5.41) is 17.5. The molecule has 0 spiro atoms. The van der Waals surface area contributed by atoms with Crippen molar-refractivity contribution in [1.82, 2.24) is 29.9 Å². The van der Waals surface area contributed by atoms with E-state index >= 15 is 0 Å². The fourth-order valence-corrected chi connectivity index (χ4v) is 3.79. The first kappa shape index (κ1) is 38.8. The molecule has 14 nitrogen and oxygen atoms in total. The van der Waals surface area contributed by atoms with Gasteiger partial charge in [-0.15, -0.1) is 0 Å². The minimum absolute atomic E-state index is 0.0256. The number of methoxy groups -OCH3 is 2. The van der Waals surface area contributed by atoms with Gasteiger partial charge < -0.3 is 24.4 Å². The highest BCUT2D eigenvalue weighted by molar-refractivity contribution is 9.10. The number of nitrogens with zero attached hydrogens (tertiary/aromatic N) is 6. The van der Waals surface area contributed by atoms with Crippen LogP contribution in [0.2, 0.25) is 0 Å². The molecule has 0 aliphatic rings. The Kier molecular flexibility index (Phi) is 16.3. The molecule has 0 unspecified atom stereocenters. The molecule has 0 bridgehead atoms. The predicted octanol–water partition coefficient (Wildman–Crippen LogP) is 6.24. The second-order valence-corrected chi connectivity index (χ2v) is 10.4. The number of esters is 2. The summed E-state index contributed by atoms with van der Waals surface area (Å²) in [6, 6.07) is 25.9. The molecule has 0 amide bonds. The van der Waals surface area contributed by atoms with E-state index in [0.717, 1.165) is 15.9 Å². The molecule has 15 heteroatoms. The normalized spacial score (nSPS) is 9.55. The summed E-state index contributed by atoms with van der Waals surface area (Å²) in [7, 11) is 2.58. The van der Waals surface area contributed by atoms with Crippen molar-refractivity contribution in [2.24, 2.45) is 0 Å². The zero-order chi connectivity index (χ0) is 36.8. The number of pyridine rings is 6. The molecule has 0 saturated carbocycles. The van der Waals surface area contributed by atoms with Gasteiger partial charge in [-0.05, 0) is 82.2 Å². The van der Waals surface area contributed by atoms with Crippen molar-refractivity contribution >= 4 is 33.8 Å². The lowest BCUT2D eigenvalue weighted by atomic mass is 10.1. The van der Waals surface area contributed by atoms with Gasteiger partial charge in [-0.25, -0.2) is 39.3 Å². The number of hydrogen-bond donors (Lipinski definition) is 2. The van der Waals surface area contributed by atoms with E-state index in [9.17, 15) is 14.4 Å². The van der Waals surface area contributed by atoms with Gasteiger partial charge in [-0.2, -0.15) is 0 Å². The van der Waals surface area contributed by atoms with Crippen LogP contribution >= 0.6 is 15.9 Å². The van der Waals surface area contributed by atoms with Gasteiger partial charge >= 0.3 is 17.9 Å². The van der Waals surface area contributed by atoms with Crippen LogP contribution in [0.1, 0.15) is 42.7 Å². The van der Waals surface area contributed by atoms with Crippen LogP contribution in [0, 0.1) is 0 Å². The van der Waals surface area contributed by atoms with Gasteiger partial charge in [-0.3, -0.25) is 4.98 Å². The predicted molar refractivity (Wildman–Crippen MR) is 187 cm³/mol. The Labute approximate surface area is 301 Å². The first-order valence-corrected chi connectivity index (χ1v) is 15.5. The van der Waals surface area contributed by atoms with Gasteiger partial charge in [-0.1, -0.05) is 24.3 Å². The maximum atomic E-state index is 11.1. The molecular formula is C36H31BrN6O8. The quantitative estimate of drug-likeness (QED) is 0.137. The van der Waals surface area contributed by atoms with E-state index in [0.29, 0.717) is 18.1 Å². The Morgan fingerprint density at radius 1 is 0.627 bits per heavy atom. The second kappa shape index (κ2) is 21.4. The third-order valence-corrected chi connectivity index (χ3v) is 6.39. The van der Waals surface area contributed by atoms with E-state index in [2.05, 4.69) is 55.3 Å². The highest BCUT2D eigenvalue weighted by atomic mass is 79.9. The van der Waals surface area contributed by atoms with Crippen LogP contribution in [0.15, 0.2) is 133 Å². The Balaban J connectivity index is 0.000000192. The van der Waals surface area contributed by atoms with Crippen molar-refractivity contribution in [3.63, 3.8) is 0 Å². The Morgan fingerprint density at radius 2 is 1.22 bits per heavy atom. The summed E-state index contributed by atoms with van der Waals surface area (Å²) >= 11 is 3.20. The zero-order valence-corrected chi connectivity index (χ0v) is 28.8. The lowest BCUT2D eigenvalue weighted by Gasteiger charge is -2.04. The zero-order valence-electron chi connectivity index (χ0n) is 27.2. The fourth-order valence-electron chi connectivity index (χ4n) is 3.51. The van der Waals surface area contributed by atoms with Gasteiger partial charge in [0.2, 0.25) is 5.88 Å². The number of carboxylic acid groups (broad SMARTS) is 1. The van der Waals surface area contributed by atoms with Gasteiger partial charge in [0.1, 0.15) is 33.2 Å². The smallest absolute Gasteiger partial charge is 0.356 e. The lowest BCUT2D eigenvalue weighted by molar-refractivity contribution is 0.0585.